The lowest BCUT2D eigenvalue weighted by Gasteiger charge is -2.17. The van der Waals surface area contributed by atoms with Gasteiger partial charge in [-0.2, -0.15) is 0 Å². The van der Waals surface area contributed by atoms with E-state index in [4.69, 9.17) is 4.74 Å². The van der Waals surface area contributed by atoms with Gasteiger partial charge >= 0.3 is 0 Å². The van der Waals surface area contributed by atoms with Crippen LogP contribution < -0.4 is 15.4 Å². The molecular weight excluding hydrogens is 374 g/mol. The van der Waals surface area contributed by atoms with E-state index in [1.807, 2.05) is 0 Å². The Morgan fingerprint density at radius 2 is 1.97 bits per heavy atom. The lowest BCUT2D eigenvalue weighted by atomic mass is 9.96. The van der Waals surface area contributed by atoms with Gasteiger partial charge in [-0.25, -0.2) is 13.8 Å². The van der Waals surface area contributed by atoms with Gasteiger partial charge in [0, 0.05) is 31.6 Å². The summed E-state index contributed by atoms with van der Waals surface area (Å²) in [5.41, 5.74) is 3.41. The van der Waals surface area contributed by atoms with E-state index in [1.54, 1.807) is 26.1 Å². The second-order valence-electron chi connectivity index (χ2n) is 7.62. The Morgan fingerprint density at radius 3 is 2.76 bits per heavy atom. The number of likely N-dealkylation sites (N-methyl/N-ethyl adjacent to an activating group) is 1. The molecule has 3 heterocycles. The van der Waals surface area contributed by atoms with Crippen LogP contribution in [-0.2, 0) is 6.42 Å². The normalized spacial score (nSPS) is 16.7. The Labute approximate surface area is 169 Å². The van der Waals surface area contributed by atoms with Crippen LogP contribution in [-0.4, -0.2) is 43.7 Å². The molecule has 2 aliphatic heterocycles. The van der Waals surface area contributed by atoms with Gasteiger partial charge in [0.25, 0.3) is 0 Å². The lowest BCUT2D eigenvalue weighted by molar-refractivity contribution is 0.354. The number of nitrogens with one attached hydrogen (secondary N) is 2. The number of aromatic nitrogens is 1. The Hall–Kier alpha value is -2.67. The molecule has 1 aromatic heterocycles. The van der Waals surface area contributed by atoms with Crippen LogP contribution >= 0.6 is 0 Å². The third-order valence-corrected chi connectivity index (χ3v) is 5.52. The van der Waals surface area contributed by atoms with E-state index in [1.165, 1.54) is 0 Å². The minimum Gasteiger partial charge on any atom is -0.492 e. The third-order valence-electron chi connectivity index (χ3n) is 5.52. The molecule has 0 amide bonds. The molecule has 0 radical (unpaired) electrons. The average molecular weight is 400 g/mol. The van der Waals surface area contributed by atoms with Gasteiger partial charge in [0.1, 0.15) is 11.6 Å². The molecule has 4 rings (SSSR count). The summed E-state index contributed by atoms with van der Waals surface area (Å²) in [5, 5.41) is 5.87. The van der Waals surface area contributed by atoms with E-state index in [-0.39, 0.29) is 11.5 Å². The summed E-state index contributed by atoms with van der Waals surface area (Å²) >= 11 is 0. The molecule has 1 aromatic carbocycles. The summed E-state index contributed by atoms with van der Waals surface area (Å²) in [5.74, 6) is 0.292. The van der Waals surface area contributed by atoms with Gasteiger partial charge in [-0.05, 0) is 45.0 Å². The maximum Gasteiger partial charge on any atom is 0.167 e. The number of halogens is 2. The lowest BCUT2D eigenvalue weighted by Crippen LogP contribution is -2.17. The summed E-state index contributed by atoms with van der Waals surface area (Å²) in [6.07, 6.45) is 4.61. The van der Waals surface area contributed by atoms with Gasteiger partial charge < -0.3 is 20.3 Å². The molecule has 154 valence electrons. The largest absolute Gasteiger partial charge is 0.492 e. The average Bonchev–Trinajstić information content (AvgIpc) is 3.05. The van der Waals surface area contributed by atoms with E-state index in [2.05, 4.69) is 33.6 Å². The highest BCUT2D eigenvalue weighted by Crippen LogP contribution is 2.42. The fraction of sp³-hybridized carbons (Fsp3) is 0.409. The molecule has 0 unspecified atom stereocenters. The van der Waals surface area contributed by atoms with Crippen molar-refractivity contribution in [3.05, 3.63) is 46.7 Å². The quantitative estimate of drug-likeness (QED) is 0.792. The first kappa shape index (κ1) is 19.6. The Kier molecular flexibility index (Phi) is 5.41. The standard InChI is InChI=1S/C22H26F2N4O/c1-13-20(23)16(25-2)12-18(26-13)27-17-11-15-7-10-29-22(15)19(21(17)24)14-5-4-8-28(3)9-6-14/h6,11-12H,4-5,7-10H2,1-3H3,(H2,25,26,27). The number of rotatable bonds is 4. The van der Waals surface area contributed by atoms with Crippen molar-refractivity contribution in [3.63, 3.8) is 0 Å². The minimum absolute atomic E-state index is 0.249. The molecule has 2 N–H and O–H groups in total. The first-order chi connectivity index (χ1) is 14.0. The van der Waals surface area contributed by atoms with Gasteiger partial charge in [-0.15, -0.1) is 0 Å². The molecule has 0 bridgehead atoms. The number of nitrogens with zero attached hydrogens (tertiary/aromatic N) is 2. The smallest absolute Gasteiger partial charge is 0.167 e. The summed E-state index contributed by atoms with van der Waals surface area (Å²) in [6.45, 7) is 3.91. The molecule has 0 fully saturated rings. The first-order valence-corrected chi connectivity index (χ1v) is 9.96. The van der Waals surface area contributed by atoms with Crippen molar-refractivity contribution in [2.75, 3.05) is 44.4 Å². The summed E-state index contributed by atoms with van der Waals surface area (Å²) < 4.78 is 35.6. The fourth-order valence-corrected chi connectivity index (χ4v) is 3.96. The maximum atomic E-state index is 15.7. The number of hydrogen-bond donors (Lipinski definition) is 2. The number of aryl methyl sites for hydroxylation is 1. The molecule has 5 nitrogen and oxygen atoms in total. The summed E-state index contributed by atoms with van der Waals surface area (Å²) in [7, 11) is 3.71. The zero-order valence-electron chi connectivity index (χ0n) is 17.0. The highest BCUT2D eigenvalue weighted by Gasteiger charge is 2.26. The number of benzene rings is 1. The minimum atomic E-state index is -0.408. The highest BCUT2D eigenvalue weighted by atomic mass is 19.1. The van der Waals surface area contributed by atoms with Crippen molar-refractivity contribution in [2.24, 2.45) is 0 Å². The van der Waals surface area contributed by atoms with E-state index in [9.17, 15) is 4.39 Å². The van der Waals surface area contributed by atoms with Crippen molar-refractivity contribution in [3.8, 4) is 5.75 Å². The predicted octanol–water partition coefficient (Wildman–Crippen LogP) is 4.50. The van der Waals surface area contributed by atoms with Crippen LogP contribution in [0.25, 0.3) is 5.57 Å². The van der Waals surface area contributed by atoms with Crippen molar-refractivity contribution < 1.29 is 13.5 Å². The molecule has 2 aliphatic rings. The summed E-state index contributed by atoms with van der Waals surface area (Å²) in [4.78, 5) is 6.45. The highest BCUT2D eigenvalue weighted by molar-refractivity contribution is 5.78. The topological polar surface area (TPSA) is 49.4 Å². The number of allylic oxidation sites excluding steroid dienone is 1. The molecule has 0 atom stereocenters. The molecule has 7 heteroatoms. The number of ether oxygens (including phenoxy) is 1. The molecule has 0 saturated heterocycles. The molecule has 0 spiro atoms. The SMILES string of the molecule is CNc1cc(Nc2cc3c(c(C4=CCN(C)CCC4)c2F)OCC3)nc(C)c1F. The van der Waals surface area contributed by atoms with Crippen LogP contribution in [0.1, 0.15) is 29.7 Å². The van der Waals surface area contributed by atoms with Gasteiger partial charge in [-0.3, -0.25) is 0 Å². The second kappa shape index (κ2) is 7.99. The summed E-state index contributed by atoms with van der Waals surface area (Å²) in [6, 6.07) is 3.33. The van der Waals surface area contributed by atoms with Crippen molar-refractivity contribution >= 4 is 22.8 Å². The molecule has 2 aromatic rings. The van der Waals surface area contributed by atoms with E-state index in [0.717, 1.165) is 43.5 Å². The second-order valence-corrected chi connectivity index (χ2v) is 7.62. The van der Waals surface area contributed by atoms with Gasteiger partial charge in [0.05, 0.1) is 29.2 Å². The zero-order chi connectivity index (χ0) is 20.5. The first-order valence-electron chi connectivity index (χ1n) is 9.96. The van der Waals surface area contributed by atoms with Gasteiger partial charge in [-0.1, -0.05) is 6.08 Å². The Balaban J connectivity index is 1.77. The van der Waals surface area contributed by atoms with E-state index in [0.29, 0.717) is 35.1 Å². The molecule has 29 heavy (non-hydrogen) atoms. The number of anilines is 3. The zero-order valence-corrected chi connectivity index (χ0v) is 17.0. The maximum absolute atomic E-state index is 15.7. The molecule has 0 saturated carbocycles. The van der Waals surface area contributed by atoms with Crippen molar-refractivity contribution in [1.29, 1.82) is 0 Å². The van der Waals surface area contributed by atoms with Gasteiger partial charge in [0.2, 0.25) is 0 Å². The van der Waals surface area contributed by atoms with Crippen LogP contribution in [0.4, 0.5) is 26.0 Å². The number of fused-ring (bicyclic) bond motifs is 1. The van der Waals surface area contributed by atoms with Crippen LogP contribution in [0.3, 0.4) is 0 Å². The van der Waals surface area contributed by atoms with Gasteiger partial charge in [0.15, 0.2) is 11.6 Å². The fourth-order valence-electron chi connectivity index (χ4n) is 3.96. The Bertz CT molecular complexity index is 974. The van der Waals surface area contributed by atoms with Crippen LogP contribution in [0.5, 0.6) is 5.75 Å². The van der Waals surface area contributed by atoms with Crippen LogP contribution in [0.15, 0.2) is 18.2 Å². The number of hydrogen-bond acceptors (Lipinski definition) is 5. The number of pyridine rings is 1. The molecule has 0 aliphatic carbocycles. The van der Waals surface area contributed by atoms with E-state index < -0.39 is 5.82 Å². The van der Waals surface area contributed by atoms with Crippen LogP contribution in [0, 0.1) is 18.6 Å². The van der Waals surface area contributed by atoms with Crippen molar-refractivity contribution in [2.45, 2.75) is 26.2 Å². The Morgan fingerprint density at radius 1 is 1.14 bits per heavy atom. The molecular formula is C22H26F2N4O. The van der Waals surface area contributed by atoms with Crippen molar-refractivity contribution in [1.82, 2.24) is 9.88 Å². The van der Waals surface area contributed by atoms with Crippen LogP contribution in [0.2, 0.25) is 0 Å². The predicted molar refractivity (Wildman–Crippen MR) is 112 cm³/mol. The van der Waals surface area contributed by atoms with E-state index >= 15 is 4.39 Å². The third kappa shape index (κ3) is 3.79. The monoisotopic (exact) mass is 400 g/mol.